The molecule has 1 saturated heterocycles. The Hall–Kier alpha value is -2.45. The van der Waals surface area contributed by atoms with Gasteiger partial charge >= 0.3 is 6.03 Å². The molecule has 2 N–H and O–H groups in total. The molecular weight excluding hydrogens is 332 g/mol. The van der Waals surface area contributed by atoms with Gasteiger partial charge in [-0.1, -0.05) is 0 Å². The van der Waals surface area contributed by atoms with Gasteiger partial charge in [0.25, 0.3) is 0 Å². The van der Waals surface area contributed by atoms with Crippen molar-refractivity contribution in [1.82, 2.24) is 20.3 Å². The highest BCUT2D eigenvalue weighted by molar-refractivity contribution is 6.28. The molecule has 1 aliphatic heterocycles. The molecule has 0 aliphatic carbocycles. The molecule has 0 bridgehead atoms. The van der Waals surface area contributed by atoms with Crippen LogP contribution in [0.2, 0.25) is 5.28 Å². The standard InChI is InChI=1S/C15H17ClN6O2/c1-17-15(23)18-11-4-2-10(3-5-11)12-19-13(16)21-14(20-12)22-6-8-24-9-7-22/h2-5H,6-9H2,1H3,(H2,17,18,23). The summed E-state index contributed by atoms with van der Waals surface area (Å²) in [7, 11) is 1.56. The fourth-order valence-electron chi connectivity index (χ4n) is 2.27. The lowest BCUT2D eigenvalue weighted by Gasteiger charge is -2.26. The number of urea groups is 1. The third-order valence-corrected chi connectivity index (χ3v) is 3.69. The summed E-state index contributed by atoms with van der Waals surface area (Å²) >= 11 is 6.05. The molecule has 1 fully saturated rings. The third-order valence-electron chi connectivity index (χ3n) is 3.52. The summed E-state index contributed by atoms with van der Waals surface area (Å²) in [6.07, 6.45) is 0. The number of anilines is 2. The number of carbonyl (C=O) groups is 1. The normalized spacial score (nSPS) is 14.3. The van der Waals surface area contributed by atoms with E-state index < -0.39 is 0 Å². The van der Waals surface area contributed by atoms with E-state index in [1.165, 1.54) is 0 Å². The zero-order chi connectivity index (χ0) is 16.9. The summed E-state index contributed by atoms with van der Waals surface area (Å²) in [5, 5.41) is 5.34. The zero-order valence-electron chi connectivity index (χ0n) is 13.1. The van der Waals surface area contributed by atoms with Crippen LogP contribution in [0.1, 0.15) is 0 Å². The van der Waals surface area contributed by atoms with E-state index in [2.05, 4.69) is 25.6 Å². The molecule has 24 heavy (non-hydrogen) atoms. The maximum absolute atomic E-state index is 11.3. The van der Waals surface area contributed by atoms with Crippen LogP contribution in [0, 0.1) is 0 Å². The highest BCUT2D eigenvalue weighted by Crippen LogP contribution is 2.22. The number of halogens is 1. The molecule has 0 radical (unpaired) electrons. The van der Waals surface area contributed by atoms with Crippen LogP contribution < -0.4 is 15.5 Å². The van der Waals surface area contributed by atoms with Gasteiger partial charge in [0.2, 0.25) is 11.2 Å². The molecular formula is C15H17ClN6O2. The Bertz CT molecular complexity index is 718. The number of amides is 2. The Labute approximate surface area is 144 Å². The van der Waals surface area contributed by atoms with Crippen LogP contribution in [0.4, 0.5) is 16.4 Å². The van der Waals surface area contributed by atoms with Gasteiger partial charge in [-0.2, -0.15) is 15.0 Å². The van der Waals surface area contributed by atoms with Gasteiger partial charge < -0.3 is 20.3 Å². The van der Waals surface area contributed by atoms with Gasteiger partial charge in [-0.25, -0.2) is 4.79 Å². The van der Waals surface area contributed by atoms with Gasteiger partial charge in [0.05, 0.1) is 13.2 Å². The first-order valence-corrected chi connectivity index (χ1v) is 7.87. The largest absolute Gasteiger partial charge is 0.378 e. The van der Waals surface area contributed by atoms with E-state index in [0.29, 0.717) is 30.7 Å². The SMILES string of the molecule is CNC(=O)Nc1ccc(-c2nc(Cl)nc(N3CCOCC3)n2)cc1. The quantitative estimate of drug-likeness (QED) is 0.878. The van der Waals surface area contributed by atoms with Crippen LogP contribution in [-0.2, 0) is 4.74 Å². The minimum Gasteiger partial charge on any atom is -0.378 e. The first-order valence-electron chi connectivity index (χ1n) is 7.49. The lowest BCUT2D eigenvalue weighted by molar-refractivity contribution is 0.122. The van der Waals surface area contributed by atoms with Crippen molar-refractivity contribution in [2.45, 2.75) is 0 Å². The smallest absolute Gasteiger partial charge is 0.318 e. The Morgan fingerprint density at radius 3 is 2.54 bits per heavy atom. The fraction of sp³-hybridized carbons (Fsp3) is 0.333. The van der Waals surface area contributed by atoms with Gasteiger partial charge in [-0.05, 0) is 35.9 Å². The van der Waals surface area contributed by atoms with Crippen molar-refractivity contribution in [3.8, 4) is 11.4 Å². The first kappa shape index (κ1) is 16.4. The van der Waals surface area contributed by atoms with Crippen molar-refractivity contribution in [3.63, 3.8) is 0 Å². The van der Waals surface area contributed by atoms with Crippen molar-refractivity contribution in [3.05, 3.63) is 29.5 Å². The predicted molar refractivity (Wildman–Crippen MR) is 91.4 cm³/mol. The number of morpholine rings is 1. The lowest BCUT2D eigenvalue weighted by Crippen LogP contribution is -2.37. The van der Waals surface area contributed by atoms with Crippen LogP contribution in [0.5, 0.6) is 0 Å². The second-order valence-electron chi connectivity index (χ2n) is 5.11. The number of ether oxygens (including phenoxy) is 1. The zero-order valence-corrected chi connectivity index (χ0v) is 13.9. The van der Waals surface area contributed by atoms with Gasteiger partial charge in [0, 0.05) is 31.4 Å². The lowest BCUT2D eigenvalue weighted by atomic mass is 10.2. The summed E-state index contributed by atoms with van der Waals surface area (Å²) < 4.78 is 5.33. The molecule has 2 amide bonds. The highest BCUT2D eigenvalue weighted by Gasteiger charge is 2.16. The van der Waals surface area contributed by atoms with E-state index in [0.717, 1.165) is 18.7 Å². The first-order chi connectivity index (χ1) is 11.7. The molecule has 1 aromatic heterocycles. The Morgan fingerprint density at radius 1 is 1.17 bits per heavy atom. The molecule has 0 atom stereocenters. The van der Waals surface area contributed by atoms with Gasteiger partial charge in [0.15, 0.2) is 5.82 Å². The van der Waals surface area contributed by atoms with E-state index in [1.54, 1.807) is 19.2 Å². The molecule has 0 spiro atoms. The van der Waals surface area contributed by atoms with Crippen LogP contribution in [0.3, 0.4) is 0 Å². The molecule has 9 heteroatoms. The predicted octanol–water partition coefficient (Wildman–Crippen LogP) is 1.78. The molecule has 126 valence electrons. The summed E-state index contributed by atoms with van der Waals surface area (Å²) in [4.78, 5) is 26.2. The monoisotopic (exact) mass is 348 g/mol. The topological polar surface area (TPSA) is 92.3 Å². The Balaban J connectivity index is 1.83. The second-order valence-corrected chi connectivity index (χ2v) is 5.45. The van der Waals surface area contributed by atoms with Crippen LogP contribution in [0.25, 0.3) is 11.4 Å². The van der Waals surface area contributed by atoms with Crippen molar-refractivity contribution in [2.24, 2.45) is 0 Å². The molecule has 2 aromatic rings. The number of hydrogen-bond donors (Lipinski definition) is 2. The van der Waals surface area contributed by atoms with E-state index in [1.807, 2.05) is 17.0 Å². The molecule has 0 unspecified atom stereocenters. The number of carbonyl (C=O) groups excluding carboxylic acids is 1. The van der Waals surface area contributed by atoms with Gasteiger partial charge in [0.1, 0.15) is 0 Å². The third kappa shape index (κ3) is 3.90. The number of benzene rings is 1. The van der Waals surface area contributed by atoms with E-state index in [4.69, 9.17) is 16.3 Å². The van der Waals surface area contributed by atoms with Crippen LogP contribution in [-0.4, -0.2) is 54.3 Å². The maximum Gasteiger partial charge on any atom is 0.318 e. The maximum atomic E-state index is 11.3. The number of aromatic nitrogens is 3. The number of hydrogen-bond acceptors (Lipinski definition) is 6. The summed E-state index contributed by atoms with van der Waals surface area (Å²) in [6, 6.07) is 6.91. The van der Waals surface area contributed by atoms with E-state index in [-0.39, 0.29) is 11.3 Å². The molecule has 8 nitrogen and oxygen atoms in total. The number of rotatable bonds is 3. The second kappa shape index (κ2) is 7.41. The molecule has 0 saturated carbocycles. The summed E-state index contributed by atoms with van der Waals surface area (Å²) in [5.74, 6) is 1.03. The minimum atomic E-state index is -0.277. The van der Waals surface area contributed by atoms with Crippen molar-refractivity contribution >= 4 is 29.3 Å². The summed E-state index contributed by atoms with van der Waals surface area (Å²) in [5.41, 5.74) is 1.46. The average Bonchev–Trinajstić information content (AvgIpc) is 2.62. The Morgan fingerprint density at radius 2 is 1.88 bits per heavy atom. The van der Waals surface area contributed by atoms with E-state index >= 15 is 0 Å². The molecule has 2 heterocycles. The van der Waals surface area contributed by atoms with Crippen molar-refractivity contribution < 1.29 is 9.53 Å². The number of nitrogens with one attached hydrogen (secondary N) is 2. The van der Waals surface area contributed by atoms with E-state index in [9.17, 15) is 4.79 Å². The summed E-state index contributed by atoms with van der Waals surface area (Å²) in [6.45, 7) is 2.71. The Kier molecular flexibility index (Phi) is 5.07. The molecule has 1 aromatic carbocycles. The van der Waals surface area contributed by atoms with Crippen molar-refractivity contribution in [1.29, 1.82) is 0 Å². The van der Waals surface area contributed by atoms with Crippen LogP contribution in [0.15, 0.2) is 24.3 Å². The minimum absolute atomic E-state index is 0.147. The average molecular weight is 349 g/mol. The van der Waals surface area contributed by atoms with Gasteiger partial charge in [-0.3, -0.25) is 0 Å². The number of nitrogens with zero attached hydrogens (tertiary/aromatic N) is 4. The molecule has 3 rings (SSSR count). The van der Waals surface area contributed by atoms with Gasteiger partial charge in [-0.15, -0.1) is 0 Å². The highest BCUT2D eigenvalue weighted by atomic mass is 35.5. The van der Waals surface area contributed by atoms with Crippen molar-refractivity contribution in [2.75, 3.05) is 43.6 Å². The molecule has 1 aliphatic rings. The fourth-order valence-corrected chi connectivity index (χ4v) is 2.43. The van der Waals surface area contributed by atoms with Crippen LogP contribution >= 0.6 is 11.6 Å².